The molecular formula is C20H22F2N2O3S2. The summed E-state index contributed by atoms with van der Waals surface area (Å²) in [7, 11) is -3.61. The Morgan fingerprint density at radius 3 is 2.41 bits per heavy atom. The molecule has 1 aliphatic rings. The molecule has 9 heteroatoms. The number of nitrogens with zero attached hydrogens (tertiary/aromatic N) is 1. The molecular weight excluding hydrogens is 418 g/mol. The van der Waals surface area contributed by atoms with Crippen LogP contribution in [-0.4, -0.2) is 37.5 Å². The maximum atomic E-state index is 13.2. The summed E-state index contributed by atoms with van der Waals surface area (Å²) in [5.41, 5.74) is 0.372. The third-order valence-electron chi connectivity index (χ3n) is 4.58. The number of anilines is 1. The second kappa shape index (κ2) is 9.69. The first-order valence-corrected chi connectivity index (χ1v) is 11.8. The number of hydrogen-bond acceptors (Lipinski definition) is 4. The number of thioether (sulfide) groups is 1. The number of carbonyl (C=O) groups is 1. The minimum Gasteiger partial charge on any atom is -0.325 e. The van der Waals surface area contributed by atoms with Crippen molar-refractivity contribution in [2.24, 2.45) is 0 Å². The van der Waals surface area contributed by atoms with E-state index in [1.54, 1.807) is 12.1 Å². The van der Waals surface area contributed by atoms with E-state index >= 15 is 0 Å². The van der Waals surface area contributed by atoms with Crippen molar-refractivity contribution in [2.75, 3.05) is 24.2 Å². The fourth-order valence-electron chi connectivity index (χ4n) is 3.08. The van der Waals surface area contributed by atoms with Gasteiger partial charge in [0, 0.05) is 23.7 Å². The Kier molecular flexibility index (Phi) is 7.26. The van der Waals surface area contributed by atoms with Crippen LogP contribution in [0.4, 0.5) is 14.5 Å². The summed E-state index contributed by atoms with van der Waals surface area (Å²) in [6.45, 7) is 1.01. The van der Waals surface area contributed by atoms with Gasteiger partial charge < -0.3 is 5.32 Å². The third-order valence-corrected chi connectivity index (χ3v) is 7.47. The molecule has 1 aliphatic heterocycles. The number of rotatable bonds is 6. The topological polar surface area (TPSA) is 66.5 Å². The van der Waals surface area contributed by atoms with Crippen LogP contribution in [0, 0.1) is 11.6 Å². The molecule has 5 nitrogen and oxygen atoms in total. The Hall–Kier alpha value is -1.97. The molecule has 0 aromatic heterocycles. The molecule has 1 saturated heterocycles. The van der Waals surface area contributed by atoms with E-state index in [2.05, 4.69) is 5.32 Å². The highest BCUT2D eigenvalue weighted by Gasteiger charge is 2.25. The van der Waals surface area contributed by atoms with E-state index in [1.165, 1.54) is 22.5 Å². The molecule has 1 amide bonds. The molecule has 1 fully saturated rings. The Balaban J connectivity index is 1.64. The normalized spacial score (nSPS) is 15.7. The smallest absolute Gasteiger partial charge is 0.243 e. The van der Waals surface area contributed by atoms with Crippen LogP contribution in [0.25, 0.3) is 0 Å². The van der Waals surface area contributed by atoms with Gasteiger partial charge in [-0.3, -0.25) is 4.79 Å². The molecule has 29 heavy (non-hydrogen) atoms. The van der Waals surface area contributed by atoms with Crippen molar-refractivity contribution in [3.8, 4) is 0 Å². The Labute approximate surface area is 173 Å². The predicted octanol–water partition coefficient (Wildman–Crippen LogP) is 4.26. The van der Waals surface area contributed by atoms with Crippen LogP contribution in [0.15, 0.2) is 52.3 Å². The van der Waals surface area contributed by atoms with Crippen molar-refractivity contribution in [2.45, 2.75) is 35.5 Å². The zero-order valence-corrected chi connectivity index (χ0v) is 17.4. The second-order valence-corrected chi connectivity index (χ2v) is 9.75. The molecule has 0 aliphatic carbocycles. The average Bonchev–Trinajstić information content (AvgIpc) is 2.99. The largest absolute Gasteiger partial charge is 0.325 e. The fourth-order valence-corrected chi connectivity index (χ4v) is 5.36. The van der Waals surface area contributed by atoms with Crippen LogP contribution in [0.3, 0.4) is 0 Å². The molecule has 0 saturated carbocycles. The van der Waals surface area contributed by atoms with Crippen LogP contribution in [0.1, 0.15) is 25.7 Å². The van der Waals surface area contributed by atoms with Gasteiger partial charge in [-0.15, -0.1) is 11.8 Å². The number of benzene rings is 2. The standard InChI is InChI=1S/C20H22F2N2O3S2/c21-18-9-8-16(13-19(18)22)28-14-20(25)23-15-6-5-7-17(12-15)29(26,27)24-10-3-1-2-4-11-24/h5-9,12-13H,1-4,10-11,14H2,(H,23,25). The number of nitrogens with one attached hydrogen (secondary N) is 1. The lowest BCUT2D eigenvalue weighted by Crippen LogP contribution is -2.32. The highest BCUT2D eigenvalue weighted by Crippen LogP contribution is 2.24. The van der Waals surface area contributed by atoms with Crippen molar-refractivity contribution >= 4 is 33.4 Å². The van der Waals surface area contributed by atoms with E-state index < -0.39 is 21.7 Å². The van der Waals surface area contributed by atoms with Crippen molar-refractivity contribution < 1.29 is 22.0 Å². The molecule has 3 rings (SSSR count). The summed E-state index contributed by atoms with van der Waals surface area (Å²) in [6, 6.07) is 9.59. The zero-order chi connectivity index (χ0) is 20.9. The lowest BCUT2D eigenvalue weighted by molar-refractivity contribution is -0.113. The first-order chi connectivity index (χ1) is 13.9. The van der Waals surface area contributed by atoms with Crippen LogP contribution < -0.4 is 5.32 Å². The van der Waals surface area contributed by atoms with E-state index in [9.17, 15) is 22.0 Å². The SMILES string of the molecule is O=C(CSc1ccc(F)c(F)c1)Nc1cccc(S(=O)(=O)N2CCCCCC2)c1. The summed E-state index contributed by atoms with van der Waals surface area (Å²) in [4.78, 5) is 12.8. The number of hydrogen-bond donors (Lipinski definition) is 1. The second-order valence-electron chi connectivity index (χ2n) is 6.76. The van der Waals surface area contributed by atoms with Crippen LogP contribution in [-0.2, 0) is 14.8 Å². The first kappa shape index (κ1) is 21.7. The number of carbonyl (C=O) groups excluding carboxylic acids is 1. The van der Waals surface area contributed by atoms with Crippen molar-refractivity contribution in [1.82, 2.24) is 4.31 Å². The molecule has 1 N–H and O–H groups in total. The van der Waals surface area contributed by atoms with Crippen molar-refractivity contribution in [3.05, 3.63) is 54.1 Å². The van der Waals surface area contributed by atoms with Gasteiger partial charge in [-0.2, -0.15) is 4.31 Å². The van der Waals surface area contributed by atoms with Gasteiger partial charge in [-0.05, 0) is 49.2 Å². The van der Waals surface area contributed by atoms with E-state index in [1.807, 2.05) is 0 Å². The first-order valence-electron chi connectivity index (χ1n) is 9.34. The van der Waals surface area contributed by atoms with Gasteiger partial charge in [0.25, 0.3) is 0 Å². The number of sulfonamides is 1. The molecule has 2 aromatic carbocycles. The quantitative estimate of drug-likeness (QED) is 0.682. The van der Waals surface area contributed by atoms with Gasteiger partial charge in [0.1, 0.15) is 0 Å². The Morgan fingerprint density at radius 1 is 1.00 bits per heavy atom. The van der Waals surface area contributed by atoms with Crippen LogP contribution >= 0.6 is 11.8 Å². The highest BCUT2D eigenvalue weighted by atomic mass is 32.2. The van der Waals surface area contributed by atoms with Gasteiger partial charge in [0.2, 0.25) is 15.9 Å². The number of amides is 1. The van der Waals surface area contributed by atoms with Gasteiger partial charge in [-0.25, -0.2) is 17.2 Å². The summed E-state index contributed by atoms with van der Waals surface area (Å²) in [5, 5.41) is 2.66. The van der Waals surface area contributed by atoms with Crippen LogP contribution in [0.5, 0.6) is 0 Å². The van der Waals surface area contributed by atoms with Gasteiger partial charge >= 0.3 is 0 Å². The van der Waals surface area contributed by atoms with Gasteiger partial charge in [0.15, 0.2) is 11.6 Å². The summed E-state index contributed by atoms with van der Waals surface area (Å²) in [5.74, 6) is -2.30. The lowest BCUT2D eigenvalue weighted by atomic mass is 10.2. The van der Waals surface area contributed by atoms with E-state index in [0.29, 0.717) is 23.7 Å². The molecule has 0 bridgehead atoms. The van der Waals surface area contributed by atoms with Crippen molar-refractivity contribution in [1.29, 1.82) is 0 Å². The third kappa shape index (κ3) is 5.77. The number of halogens is 2. The summed E-state index contributed by atoms with van der Waals surface area (Å²) >= 11 is 1.06. The minimum atomic E-state index is -3.61. The molecule has 2 aromatic rings. The fraction of sp³-hybridized carbons (Fsp3) is 0.350. The molecule has 0 spiro atoms. The maximum absolute atomic E-state index is 13.2. The van der Waals surface area contributed by atoms with Crippen LogP contribution in [0.2, 0.25) is 0 Å². The zero-order valence-electron chi connectivity index (χ0n) is 15.7. The molecule has 0 atom stereocenters. The summed E-state index contributed by atoms with van der Waals surface area (Å²) in [6.07, 6.45) is 3.74. The predicted molar refractivity (Wildman–Crippen MR) is 109 cm³/mol. The molecule has 1 heterocycles. The van der Waals surface area contributed by atoms with E-state index in [-0.39, 0.29) is 16.6 Å². The molecule has 156 valence electrons. The molecule has 0 unspecified atom stereocenters. The summed E-state index contributed by atoms with van der Waals surface area (Å²) < 4.78 is 53.5. The van der Waals surface area contributed by atoms with Gasteiger partial charge in [0.05, 0.1) is 10.6 Å². The average molecular weight is 441 g/mol. The Bertz CT molecular complexity index is 975. The maximum Gasteiger partial charge on any atom is 0.243 e. The van der Waals surface area contributed by atoms with E-state index in [0.717, 1.165) is 49.6 Å². The van der Waals surface area contributed by atoms with Gasteiger partial charge in [-0.1, -0.05) is 18.9 Å². The molecule has 0 radical (unpaired) electrons. The monoisotopic (exact) mass is 440 g/mol. The van der Waals surface area contributed by atoms with Crippen molar-refractivity contribution in [3.63, 3.8) is 0 Å². The Morgan fingerprint density at radius 2 is 1.72 bits per heavy atom. The van der Waals surface area contributed by atoms with E-state index in [4.69, 9.17) is 0 Å². The minimum absolute atomic E-state index is 0.0197. The highest BCUT2D eigenvalue weighted by molar-refractivity contribution is 8.00. The lowest BCUT2D eigenvalue weighted by Gasteiger charge is -2.20.